The molecule has 2 fully saturated rings. The molecule has 1 aromatic carbocycles. The molecule has 4 heterocycles. The molecule has 11 heteroatoms. The Morgan fingerprint density at radius 1 is 1.02 bits per heavy atom. The van der Waals surface area contributed by atoms with Gasteiger partial charge in [-0.3, -0.25) is 9.69 Å². The topological polar surface area (TPSA) is 78.6 Å². The normalized spacial score (nSPS) is 20.7. The summed E-state index contributed by atoms with van der Waals surface area (Å²) in [6.07, 6.45) is 2.12. The molecule has 1 aliphatic carbocycles. The minimum absolute atomic E-state index is 0.00488. The minimum Gasteiger partial charge on any atom is -0.354 e. The fourth-order valence-electron chi connectivity index (χ4n) is 5.60. The van der Waals surface area contributed by atoms with Crippen LogP contribution < -0.4 is 4.90 Å². The first-order chi connectivity index (χ1) is 20.0. The fraction of sp³-hybridized carbons (Fsp3) is 0.484. The quantitative estimate of drug-likeness (QED) is 0.357. The number of aromatic nitrogens is 3. The first kappa shape index (κ1) is 28.4. The predicted octanol–water partition coefficient (Wildman–Crippen LogP) is 5.67. The molecule has 0 bridgehead atoms. The van der Waals surface area contributed by atoms with E-state index in [1.54, 1.807) is 29.4 Å². The summed E-state index contributed by atoms with van der Waals surface area (Å²) in [4.78, 5) is 28.7. The number of amides is 1. The van der Waals surface area contributed by atoms with Crippen LogP contribution >= 0.6 is 0 Å². The second-order valence-electron chi connectivity index (χ2n) is 12.1. The Labute approximate surface area is 243 Å². The van der Waals surface area contributed by atoms with Crippen molar-refractivity contribution in [3.8, 4) is 11.4 Å². The summed E-state index contributed by atoms with van der Waals surface area (Å²) in [7, 11) is 0. The van der Waals surface area contributed by atoms with E-state index in [0.29, 0.717) is 24.4 Å². The molecule has 8 nitrogen and oxygen atoms in total. The average Bonchev–Trinajstić information content (AvgIpc) is 3.71. The number of allylic oxidation sites excluding steroid dienone is 1. The van der Waals surface area contributed by atoms with Crippen molar-refractivity contribution < 1.29 is 22.5 Å². The second kappa shape index (κ2) is 10.8. The molecule has 222 valence electrons. The van der Waals surface area contributed by atoms with Gasteiger partial charge in [0, 0.05) is 62.2 Å². The summed E-state index contributed by atoms with van der Waals surface area (Å²) in [6, 6.07) is 10.8. The van der Waals surface area contributed by atoms with Crippen molar-refractivity contribution in [3.63, 3.8) is 0 Å². The number of alkyl halides is 3. The number of nitrogens with zero attached hydrogens (tertiary/aromatic N) is 6. The van der Waals surface area contributed by atoms with Crippen molar-refractivity contribution in [1.29, 1.82) is 0 Å². The highest BCUT2D eigenvalue weighted by molar-refractivity contribution is 5.84. The van der Waals surface area contributed by atoms with Gasteiger partial charge in [0.15, 0.2) is 0 Å². The van der Waals surface area contributed by atoms with Crippen molar-refractivity contribution in [2.24, 2.45) is 5.92 Å². The maximum Gasteiger partial charge on any atom is 0.397 e. The van der Waals surface area contributed by atoms with E-state index >= 15 is 0 Å². The lowest BCUT2D eigenvalue weighted by atomic mass is 9.83. The maximum absolute atomic E-state index is 13.4. The van der Waals surface area contributed by atoms with Crippen LogP contribution in [0.4, 0.5) is 19.0 Å². The van der Waals surface area contributed by atoms with Gasteiger partial charge in [-0.2, -0.15) is 18.2 Å². The number of piperazine rings is 1. The first-order valence-electron chi connectivity index (χ1n) is 14.5. The number of halogens is 3. The van der Waals surface area contributed by atoms with E-state index in [1.807, 2.05) is 13.0 Å². The predicted molar refractivity (Wildman–Crippen MR) is 152 cm³/mol. The van der Waals surface area contributed by atoms with Gasteiger partial charge in [-0.1, -0.05) is 36.3 Å². The number of carbonyl (C=O) groups is 1. The molecule has 0 spiro atoms. The van der Waals surface area contributed by atoms with E-state index in [0.717, 1.165) is 63.0 Å². The van der Waals surface area contributed by atoms with E-state index in [-0.39, 0.29) is 23.2 Å². The number of hydrogen-bond donors (Lipinski definition) is 0. The lowest BCUT2D eigenvalue weighted by molar-refractivity contribution is -0.180. The van der Waals surface area contributed by atoms with E-state index < -0.39 is 11.6 Å². The standard InChI is InChI=1S/C31H35F3N6O2/c1-20-16-27(41)40(18-21-10-11-35-26(17-21)39-14-12-38(13-15-39)24-8-9-24)19-25(20)29-36-28(37-42-29)22-4-6-23(7-5-22)30(2,3)31(32,33)34/h4-7,10-11,17,19-20,24H,8-9,12-16,18H2,1-3H3. The number of carbonyl (C=O) groups excluding carboxylic acids is 1. The largest absolute Gasteiger partial charge is 0.397 e. The summed E-state index contributed by atoms with van der Waals surface area (Å²) >= 11 is 0. The molecule has 2 aromatic heterocycles. The Kier molecular flexibility index (Phi) is 7.32. The van der Waals surface area contributed by atoms with Gasteiger partial charge in [0.1, 0.15) is 5.82 Å². The molecule has 1 atom stereocenters. The molecule has 3 aliphatic rings. The molecule has 0 radical (unpaired) electrons. The molecule has 1 saturated carbocycles. The highest BCUT2D eigenvalue weighted by Gasteiger charge is 2.48. The molecule has 42 heavy (non-hydrogen) atoms. The van der Waals surface area contributed by atoms with Gasteiger partial charge in [-0.05, 0) is 55.9 Å². The van der Waals surface area contributed by atoms with Crippen molar-refractivity contribution in [2.45, 2.75) is 64.2 Å². The molecule has 1 unspecified atom stereocenters. The highest BCUT2D eigenvalue weighted by Crippen LogP contribution is 2.41. The van der Waals surface area contributed by atoms with Gasteiger partial charge in [-0.15, -0.1) is 0 Å². The van der Waals surface area contributed by atoms with Crippen LogP contribution in [0.15, 0.2) is 53.3 Å². The smallest absolute Gasteiger partial charge is 0.354 e. The lowest BCUT2D eigenvalue weighted by Crippen LogP contribution is -2.47. The molecule has 0 N–H and O–H groups in total. The van der Waals surface area contributed by atoms with E-state index in [1.165, 1.54) is 25.0 Å². The monoisotopic (exact) mass is 580 g/mol. The maximum atomic E-state index is 13.4. The fourth-order valence-corrected chi connectivity index (χ4v) is 5.60. The Balaban J connectivity index is 1.17. The third kappa shape index (κ3) is 5.66. The Morgan fingerprint density at radius 2 is 1.74 bits per heavy atom. The zero-order chi connectivity index (χ0) is 29.6. The van der Waals surface area contributed by atoms with Crippen LogP contribution in [0.5, 0.6) is 0 Å². The Morgan fingerprint density at radius 3 is 2.40 bits per heavy atom. The Bertz CT molecular complexity index is 1470. The van der Waals surface area contributed by atoms with E-state index in [2.05, 4.69) is 31.0 Å². The molecular formula is C31H35F3N6O2. The Hall–Kier alpha value is -3.73. The number of hydrogen-bond acceptors (Lipinski definition) is 7. The SMILES string of the molecule is CC1CC(=O)N(Cc2ccnc(N3CCN(C4CC4)CC3)c2)C=C1c1nc(-c2ccc(C(C)(C)C(F)(F)F)cc2)no1. The van der Waals surface area contributed by atoms with Crippen LogP contribution in [0.25, 0.3) is 17.0 Å². The van der Waals surface area contributed by atoms with Crippen LogP contribution in [0, 0.1) is 5.92 Å². The number of pyridine rings is 1. The highest BCUT2D eigenvalue weighted by atomic mass is 19.4. The molecule has 2 aliphatic heterocycles. The zero-order valence-electron chi connectivity index (χ0n) is 24.1. The summed E-state index contributed by atoms with van der Waals surface area (Å²) < 4.78 is 45.9. The van der Waals surface area contributed by atoms with Crippen molar-refractivity contribution in [3.05, 3.63) is 65.8 Å². The van der Waals surface area contributed by atoms with Crippen LogP contribution in [0.3, 0.4) is 0 Å². The number of benzene rings is 1. The van der Waals surface area contributed by atoms with Gasteiger partial charge in [0.2, 0.25) is 11.7 Å². The minimum atomic E-state index is -4.37. The summed E-state index contributed by atoms with van der Waals surface area (Å²) in [6.45, 7) is 8.62. The van der Waals surface area contributed by atoms with E-state index in [4.69, 9.17) is 4.52 Å². The van der Waals surface area contributed by atoms with Gasteiger partial charge in [0.25, 0.3) is 5.89 Å². The molecule has 6 rings (SSSR count). The van der Waals surface area contributed by atoms with E-state index in [9.17, 15) is 18.0 Å². The molecule has 3 aromatic rings. The average molecular weight is 581 g/mol. The van der Waals surface area contributed by atoms with Gasteiger partial charge in [-0.25, -0.2) is 4.98 Å². The van der Waals surface area contributed by atoms with Gasteiger partial charge in [0.05, 0.1) is 12.0 Å². The second-order valence-corrected chi connectivity index (χ2v) is 12.1. The summed E-state index contributed by atoms with van der Waals surface area (Å²) in [5.74, 6) is 1.37. The third-order valence-electron chi connectivity index (χ3n) is 8.74. The van der Waals surface area contributed by atoms with Crippen molar-refractivity contribution in [1.82, 2.24) is 24.9 Å². The zero-order valence-corrected chi connectivity index (χ0v) is 24.1. The van der Waals surface area contributed by atoms with Crippen molar-refractivity contribution >= 4 is 17.3 Å². The van der Waals surface area contributed by atoms with Gasteiger partial charge >= 0.3 is 6.18 Å². The van der Waals surface area contributed by atoms with Crippen LogP contribution in [-0.2, 0) is 16.8 Å². The van der Waals surface area contributed by atoms with Crippen molar-refractivity contribution in [2.75, 3.05) is 31.1 Å². The molecule has 1 saturated heterocycles. The third-order valence-corrected chi connectivity index (χ3v) is 8.74. The van der Waals surface area contributed by atoms with Crippen LogP contribution in [0.1, 0.15) is 57.1 Å². The van der Waals surface area contributed by atoms with Gasteiger partial charge < -0.3 is 14.3 Å². The summed E-state index contributed by atoms with van der Waals surface area (Å²) in [5, 5.41) is 4.08. The first-order valence-corrected chi connectivity index (χ1v) is 14.5. The summed E-state index contributed by atoms with van der Waals surface area (Å²) in [5.41, 5.74) is 0.447. The van der Waals surface area contributed by atoms with Crippen LogP contribution in [-0.4, -0.2) is 69.2 Å². The number of anilines is 1. The lowest BCUT2D eigenvalue weighted by Gasteiger charge is -2.35. The molecular weight excluding hydrogens is 545 g/mol. The molecule has 1 amide bonds. The number of rotatable bonds is 7. The van der Waals surface area contributed by atoms with Crippen LogP contribution in [0.2, 0.25) is 0 Å².